The zero-order valence-electron chi connectivity index (χ0n) is 14.8. The fourth-order valence-corrected chi connectivity index (χ4v) is 2.52. The maximum atomic E-state index is 9.21. The molecule has 0 aliphatic heterocycles. The number of methoxy groups -OCH3 is 2. The molecule has 3 aromatic rings. The molecule has 1 N–H and O–H groups in total. The molecule has 2 aromatic carbocycles. The standard InChI is InChI=1S/C20H18N4O2/c1-13-4-5-14(10-15(13)12-21)17-8-9-22-20(24-17)23-16-6-7-18(25-2)19(11-16)26-3/h4-11H,1-3H3,(H,22,23,24). The van der Waals surface area contributed by atoms with E-state index in [1.807, 2.05) is 49.4 Å². The van der Waals surface area contributed by atoms with E-state index in [-0.39, 0.29) is 0 Å². The first-order chi connectivity index (χ1) is 12.6. The van der Waals surface area contributed by atoms with E-state index in [9.17, 15) is 5.26 Å². The highest BCUT2D eigenvalue weighted by atomic mass is 16.5. The van der Waals surface area contributed by atoms with Gasteiger partial charge in [-0.2, -0.15) is 5.26 Å². The molecular formula is C20H18N4O2. The minimum atomic E-state index is 0.453. The minimum Gasteiger partial charge on any atom is -0.493 e. The summed E-state index contributed by atoms with van der Waals surface area (Å²) in [5.74, 6) is 1.72. The molecule has 1 aromatic heterocycles. The van der Waals surface area contributed by atoms with Gasteiger partial charge in [-0.25, -0.2) is 9.97 Å². The molecule has 0 fully saturated rings. The lowest BCUT2D eigenvalue weighted by Gasteiger charge is -2.11. The highest BCUT2D eigenvalue weighted by Gasteiger charge is 2.08. The van der Waals surface area contributed by atoms with Crippen molar-refractivity contribution in [2.75, 3.05) is 19.5 Å². The summed E-state index contributed by atoms with van der Waals surface area (Å²) in [6.45, 7) is 1.91. The number of aromatic nitrogens is 2. The van der Waals surface area contributed by atoms with Crippen molar-refractivity contribution in [3.63, 3.8) is 0 Å². The molecule has 0 aliphatic carbocycles. The summed E-state index contributed by atoms with van der Waals surface area (Å²) in [6, 6.07) is 15.2. The fourth-order valence-electron chi connectivity index (χ4n) is 2.52. The fraction of sp³-hybridized carbons (Fsp3) is 0.150. The summed E-state index contributed by atoms with van der Waals surface area (Å²) in [4.78, 5) is 8.80. The summed E-state index contributed by atoms with van der Waals surface area (Å²) in [5, 5.41) is 12.4. The van der Waals surface area contributed by atoms with Crippen LogP contribution in [0.3, 0.4) is 0 Å². The highest BCUT2D eigenvalue weighted by Crippen LogP contribution is 2.31. The number of nitrogens with zero attached hydrogens (tertiary/aromatic N) is 3. The summed E-state index contributed by atoms with van der Waals surface area (Å²) < 4.78 is 10.5. The molecule has 0 atom stereocenters. The van der Waals surface area contributed by atoms with Crippen molar-refractivity contribution in [2.24, 2.45) is 0 Å². The average molecular weight is 346 g/mol. The Morgan fingerprint density at radius 3 is 2.54 bits per heavy atom. The molecule has 6 nitrogen and oxygen atoms in total. The van der Waals surface area contributed by atoms with Crippen LogP contribution >= 0.6 is 0 Å². The van der Waals surface area contributed by atoms with Gasteiger partial charge in [-0.15, -0.1) is 0 Å². The lowest BCUT2D eigenvalue weighted by atomic mass is 10.0. The van der Waals surface area contributed by atoms with Crippen molar-refractivity contribution in [1.29, 1.82) is 5.26 Å². The van der Waals surface area contributed by atoms with E-state index in [1.165, 1.54) is 0 Å². The SMILES string of the molecule is COc1ccc(Nc2nccc(-c3ccc(C)c(C#N)c3)n2)cc1OC. The van der Waals surface area contributed by atoms with Crippen LogP contribution < -0.4 is 14.8 Å². The quantitative estimate of drug-likeness (QED) is 0.750. The highest BCUT2D eigenvalue weighted by molar-refractivity contribution is 5.65. The molecule has 130 valence electrons. The van der Waals surface area contributed by atoms with Gasteiger partial charge in [0.2, 0.25) is 5.95 Å². The van der Waals surface area contributed by atoms with Crippen molar-refractivity contribution in [2.45, 2.75) is 6.92 Å². The van der Waals surface area contributed by atoms with E-state index >= 15 is 0 Å². The number of ether oxygens (including phenoxy) is 2. The molecule has 0 unspecified atom stereocenters. The number of aryl methyl sites for hydroxylation is 1. The molecule has 0 amide bonds. The molecule has 0 radical (unpaired) electrons. The first-order valence-electron chi connectivity index (χ1n) is 7.98. The summed E-state index contributed by atoms with van der Waals surface area (Å²) >= 11 is 0. The topological polar surface area (TPSA) is 80.1 Å². The normalized spacial score (nSPS) is 10.1. The largest absolute Gasteiger partial charge is 0.493 e. The van der Waals surface area contributed by atoms with Gasteiger partial charge >= 0.3 is 0 Å². The molecule has 1 heterocycles. The van der Waals surface area contributed by atoms with Gasteiger partial charge in [0.1, 0.15) is 0 Å². The number of nitriles is 1. The molecule has 0 bridgehead atoms. The lowest BCUT2D eigenvalue weighted by Crippen LogP contribution is -1.99. The van der Waals surface area contributed by atoms with Crippen LogP contribution in [0.4, 0.5) is 11.6 Å². The third-order valence-corrected chi connectivity index (χ3v) is 3.95. The van der Waals surface area contributed by atoms with Crippen molar-refractivity contribution in [1.82, 2.24) is 9.97 Å². The third-order valence-electron chi connectivity index (χ3n) is 3.95. The second-order valence-electron chi connectivity index (χ2n) is 5.60. The zero-order chi connectivity index (χ0) is 18.5. The lowest BCUT2D eigenvalue weighted by molar-refractivity contribution is 0.355. The van der Waals surface area contributed by atoms with Crippen LogP contribution in [0.5, 0.6) is 11.5 Å². The summed E-state index contributed by atoms with van der Waals surface area (Å²) in [6.07, 6.45) is 1.68. The number of rotatable bonds is 5. The van der Waals surface area contributed by atoms with Crippen molar-refractivity contribution >= 4 is 11.6 Å². The van der Waals surface area contributed by atoms with Crippen molar-refractivity contribution in [3.05, 3.63) is 59.8 Å². The van der Waals surface area contributed by atoms with Gasteiger partial charge < -0.3 is 14.8 Å². The maximum Gasteiger partial charge on any atom is 0.227 e. The second-order valence-corrected chi connectivity index (χ2v) is 5.60. The van der Waals surface area contributed by atoms with E-state index in [4.69, 9.17) is 9.47 Å². The van der Waals surface area contributed by atoms with Gasteiger partial charge in [0.05, 0.1) is 31.5 Å². The van der Waals surface area contributed by atoms with E-state index < -0.39 is 0 Å². The van der Waals surface area contributed by atoms with E-state index in [2.05, 4.69) is 21.4 Å². The molecule has 0 saturated carbocycles. The van der Waals surface area contributed by atoms with Crippen molar-refractivity contribution < 1.29 is 9.47 Å². The molecular weight excluding hydrogens is 328 g/mol. The number of hydrogen-bond acceptors (Lipinski definition) is 6. The predicted molar refractivity (Wildman–Crippen MR) is 99.7 cm³/mol. The van der Waals surface area contributed by atoms with E-state index in [1.54, 1.807) is 20.4 Å². The molecule has 3 rings (SSSR count). The second kappa shape index (κ2) is 7.53. The molecule has 0 aliphatic rings. The van der Waals surface area contributed by atoms with Crippen LogP contribution in [0.15, 0.2) is 48.7 Å². The number of anilines is 2. The van der Waals surface area contributed by atoms with Crippen LogP contribution in [-0.4, -0.2) is 24.2 Å². The molecule has 26 heavy (non-hydrogen) atoms. The van der Waals surface area contributed by atoms with Gasteiger partial charge in [0.15, 0.2) is 11.5 Å². The Hall–Kier alpha value is -3.59. The Labute approximate surface area is 152 Å². The monoisotopic (exact) mass is 346 g/mol. The van der Waals surface area contributed by atoms with Crippen molar-refractivity contribution in [3.8, 4) is 28.8 Å². The Morgan fingerprint density at radius 2 is 1.81 bits per heavy atom. The minimum absolute atomic E-state index is 0.453. The van der Waals surface area contributed by atoms with Crippen LogP contribution in [0.1, 0.15) is 11.1 Å². The number of benzene rings is 2. The molecule has 0 spiro atoms. The molecule has 0 saturated heterocycles. The maximum absolute atomic E-state index is 9.21. The molecule has 6 heteroatoms. The van der Waals surface area contributed by atoms with Gasteiger partial charge in [-0.1, -0.05) is 12.1 Å². The van der Waals surface area contributed by atoms with Gasteiger partial charge in [0, 0.05) is 23.5 Å². The van der Waals surface area contributed by atoms with Crippen LogP contribution in [0, 0.1) is 18.3 Å². The van der Waals surface area contributed by atoms with Gasteiger partial charge in [0.25, 0.3) is 0 Å². The third kappa shape index (κ3) is 3.57. The van der Waals surface area contributed by atoms with E-state index in [0.717, 1.165) is 22.5 Å². The predicted octanol–water partition coefficient (Wildman–Crippen LogP) is 4.08. The Bertz CT molecular complexity index is 980. The number of hydrogen-bond donors (Lipinski definition) is 1. The van der Waals surface area contributed by atoms with Gasteiger partial charge in [-0.05, 0) is 36.8 Å². The summed E-state index contributed by atoms with van der Waals surface area (Å²) in [5.41, 5.74) is 3.95. The first kappa shape index (κ1) is 17.2. The smallest absolute Gasteiger partial charge is 0.227 e. The first-order valence-corrected chi connectivity index (χ1v) is 7.98. The van der Waals surface area contributed by atoms with E-state index in [0.29, 0.717) is 23.0 Å². The van der Waals surface area contributed by atoms with Crippen LogP contribution in [0.25, 0.3) is 11.3 Å². The number of nitrogens with one attached hydrogen (secondary N) is 1. The van der Waals surface area contributed by atoms with Crippen LogP contribution in [0.2, 0.25) is 0 Å². The Kier molecular flexibility index (Phi) is 4.99. The average Bonchev–Trinajstić information content (AvgIpc) is 2.68. The zero-order valence-corrected chi connectivity index (χ0v) is 14.8. The van der Waals surface area contributed by atoms with Crippen LogP contribution in [-0.2, 0) is 0 Å². The van der Waals surface area contributed by atoms with Gasteiger partial charge in [-0.3, -0.25) is 0 Å². The Balaban J connectivity index is 1.90. The Morgan fingerprint density at radius 1 is 1.00 bits per heavy atom. The summed E-state index contributed by atoms with van der Waals surface area (Å²) in [7, 11) is 3.18.